The first-order valence-electron chi connectivity index (χ1n) is 6.11. The molecular weight excluding hydrogens is 182 g/mol. The SMILES string of the molecule is Cc1ccc2c(c1)CCC21CCCNC1. The Bertz CT molecular complexity index is 375. The van der Waals surface area contributed by atoms with Gasteiger partial charge >= 0.3 is 0 Å². The highest BCUT2D eigenvalue weighted by Gasteiger charge is 2.39. The second-order valence-electron chi connectivity index (χ2n) is 5.22. The van der Waals surface area contributed by atoms with Crippen LogP contribution in [0.4, 0.5) is 0 Å². The van der Waals surface area contributed by atoms with Gasteiger partial charge in [0.2, 0.25) is 0 Å². The van der Waals surface area contributed by atoms with Gasteiger partial charge in [0.25, 0.3) is 0 Å². The minimum atomic E-state index is 0.487. The zero-order chi connectivity index (χ0) is 10.3. The maximum absolute atomic E-state index is 3.57. The van der Waals surface area contributed by atoms with Crippen molar-refractivity contribution >= 4 is 0 Å². The van der Waals surface area contributed by atoms with Crippen molar-refractivity contribution in [2.75, 3.05) is 13.1 Å². The van der Waals surface area contributed by atoms with Gasteiger partial charge < -0.3 is 5.32 Å². The molecule has 3 rings (SSSR count). The third-order valence-electron chi connectivity index (χ3n) is 4.18. The molecule has 1 spiro atoms. The number of rotatable bonds is 0. The molecule has 0 radical (unpaired) electrons. The molecule has 80 valence electrons. The van der Waals surface area contributed by atoms with Crippen LogP contribution in [0.15, 0.2) is 18.2 Å². The molecule has 1 heteroatoms. The van der Waals surface area contributed by atoms with E-state index in [1.165, 1.54) is 44.3 Å². The van der Waals surface area contributed by atoms with Gasteiger partial charge in [0.15, 0.2) is 0 Å². The van der Waals surface area contributed by atoms with E-state index in [2.05, 4.69) is 30.4 Å². The van der Waals surface area contributed by atoms with Crippen LogP contribution in [0.5, 0.6) is 0 Å². The lowest BCUT2D eigenvalue weighted by Crippen LogP contribution is -2.41. The Kier molecular flexibility index (Phi) is 2.10. The third-order valence-corrected chi connectivity index (χ3v) is 4.18. The van der Waals surface area contributed by atoms with Crippen molar-refractivity contribution in [1.29, 1.82) is 0 Å². The molecule has 1 aromatic carbocycles. The summed E-state index contributed by atoms with van der Waals surface area (Å²) in [6.07, 6.45) is 5.38. The van der Waals surface area contributed by atoms with E-state index in [0.717, 1.165) is 0 Å². The van der Waals surface area contributed by atoms with E-state index >= 15 is 0 Å². The van der Waals surface area contributed by atoms with Crippen molar-refractivity contribution in [3.8, 4) is 0 Å². The molecule has 0 aromatic heterocycles. The van der Waals surface area contributed by atoms with Gasteiger partial charge in [-0.15, -0.1) is 0 Å². The van der Waals surface area contributed by atoms with Crippen LogP contribution in [-0.2, 0) is 11.8 Å². The van der Waals surface area contributed by atoms with Crippen LogP contribution in [0.25, 0.3) is 0 Å². The highest BCUT2D eigenvalue weighted by Crippen LogP contribution is 2.43. The summed E-state index contributed by atoms with van der Waals surface area (Å²) in [6, 6.07) is 7.05. The molecular formula is C14H19N. The number of benzene rings is 1. The monoisotopic (exact) mass is 201 g/mol. The Labute approximate surface area is 91.9 Å². The van der Waals surface area contributed by atoms with Crippen LogP contribution in [0.1, 0.15) is 36.0 Å². The third kappa shape index (κ3) is 1.41. The van der Waals surface area contributed by atoms with E-state index < -0.39 is 0 Å². The van der Waals surface area contributed by atoms with Crippen molar-refractivity contribution in [3.63, 3.8) is 0 Å². The summed E-state index contributed by atoms with van der Waals surface area (Å²) in [6.45, 7) is 4.61. The summed E-state index contributed by atoms with van der Waals surface area (Å²) in [5, 5.41) is 3.57. The Morgan fingerprint density at radius 3 is 3.00 bits per heavy atom. The summed E-state index contributed by atoms with van der Waals surface area (Å²) in [7, 11) is 0. The number of nitrogens with one attached hydrogen (secondary N) is 1. The van der Waals surface area contributed by atoms with Crippen LogP contribution in [-0.4, -0.2) is 13.1 Å². The molecule has 1 fully saturated rings. The largest absolute Gasteiger partial charge is 0.316 e. The molecule has 1 atom stereocenters. The zero-order valence-electron chi connectivity index (χ0n) is 9.47. The van der Waals surface area contributed by atoms with E-state index in [1.54, 1.807) is 11.1 Å². The Balaban J connectivity index is 2.03. The first-order chi connectivity index (χ1) is 7.30. The molecule has 15 heavy (non-hydrogen) atoms. The quantitative estimate of drug-likeness (QED) is 0.680. The predicted octanol–water partition coefficient (Wildman–Crippen LogP) is 2.56. The van der Waals surface area contributed by atoms with E-state index in [1.807, 2.05) is 0 Å². The zero-order valence-corrected chi connectivity index (χ0v) is 9.47. The molecule has 2 aliphatic rings. The molecule has 1 N–H and O–H groups in total. The van der Waals surface area contributed by atoms with E-state index in [0.29, 0.717) is 5.41 Å². The maximum Gasteiger partial charge on any atom is 0.00841 e. The van der Waals surface area contributed by atoms with Gasteiger partial charge in [0, 0.05) is 12.0 Å². The predicted molar refractivity (Wildman–Crippen MR) is 63.3 cm³/mol. The molecule has 1 nitrogen and oxygen atoms in total. The molecule has 1 aliphatic heterocycles. The van der Waals surface area contributed by atoms with Crippen molar-refractivity contribution in [1.82, 2.24) is 5.32 Å². The molecule has 1 aliphatic carbocycles. The summed E-state index contributed by atoms with van der Waals surface area (Å²) in [4.78, 5) is 0. The van der Waals surface area contributed by atoms with Crippen LogP contribution in [0.2, 0.25) is 0 Å². The standard InChI is InChI=1S/C14H19N/c1-11-3-4-13-12(9-11)5-7-14(13)6-2-8-15-10-14/h3-4,9,15H,2,5-8,10H2,1H3. The molecule has 1 unspecified atom stereocenters. The average Bonchev–Trinajstić information content (AvgIpc) is 2.58. The summed E-state index contributed by atoms with van der Waals surface area (Å²) < 4.78 is 0. The smallest absolute Gasteiger partial charge is 0.00841 e. The molecule has 0 saturated carbocycles. The first kappa shape index (κ1) is 9.41. The lowest BCUT2D eigenvalue weighted by molar-refractivity contribution is 0.311. The molecule has 1 heterocycles. The Hall–Kier alpha value is -0.820. The average molecular weight is 201 g/mol. The van der Waals surface area contributed by atoms with Crippen molar-refractivity contribution in [2.45, 2.75) is 38.0 Å². The minimum absolute atomic E-state index is 0.487. The summed E-state index contributed by atoms with van der Waals surface area (Å²) in [5.74, 6) is 0. The lowest BCUT2D eigenvalue weighted by atomic mass is 9.76. The van der Waals surface area contributed by atoms with Gasteiger partial charge in [0.1, 0.15) is 0 Å². The van der Waals surface area contributed by atoms with Crippen LogP contribution < -0.4 is 5.32 Å². The highest BCUT2D eigenvalue weighted by atomic mass is 14.9. The van der Waals surface area contributed by atoms with Gasteiger partial charge in [-0.1, -0.05) is 23.8 Å². The molecule has 1 aromatic rings. The Morgan fingerprint density at radius 1 is 1.27 bits per heavy atom. The lowest BCUT2D eigenvalue weighted by Gasteiger charge is -2.35. The molecule has 0 bridgehead atoms. The number of hydrogen-bond acceptors (Lipinski definition) is 1. The summed E-state index contributed by atoms with van der Waals surface area (Å²) in [5.41, 5.74) is 5.15. The molecule has 0 amide bonds. The highest BCUT2D eigenvalue weighted by molar-refractivity contribution is 5.42. The normalized spacial score (nSPS) is 29.4. The number of piperidine rings is 1. The molecule has 1 saturated heterocycles. The van der Waals surface area contributed by atoms with Gasteiger partial charge in [-0.05, 0) is 50.3 Å². The van der Waals surface area contributed by atoms with Crippen LogP contribution in [0, 0.1) is 6.92 Å². The van der Waals surface area contributed by atoms with Crippen molar-refractivity contribution < 1.29 is 0 Å². The van der Waals surface area contributed by atoms with Crippen molar-refractivity contribution in [3.05, 3.63) is 34.9 Å². The summed E-state index contributed by atoms with van der Waals surface area (Å²) >= 11 is 0. The van der Waals surface area contributed by atoms with Gasteiger partial charge in [-0.3, -0.25) is 0 Å². The van der Waals surface area contributed by atoms with Crippen molar-refractivity contribution in [2.24, 2.45) is 0 Å². The number of aryl methyl sites for hydroxylation is 2. The van der Waals surface area contributed by atoms with Gasteiger partial charge in [0.05, 0.1) is 0 Å². The maximum atomic E-state index is 3.57. The van der Waals surface area contributed by atoms with E-state index in [9.17, 15) is 0 Å². The fourth-order valence-electron chi connectivity index (χ4n) is 3.37. The van der Waals surface area contributed by atoms with Crippen LogP contribution >= 0.6 is 0 Å². The van der Waals surface area contributed by atoms with Crippen LogP contribution in [0.3, 0.4) is 0 Å². The fraction of sp³-hybridized carbons (Fsp3) is 0.571. The Morgan fingerprint density at radius 2 is 2.20 bits per heavy atom. The van der Waals surface area contributed by atoms with Gasteiger partial charge in [-0.2, -0.15) is 0 Å². The first-order valence-corrected chi connectivity index (χ1v) is 6.11. The topological polar surface area (TPSA) is 12.0 Å². The van der Waals surface area contributed by atoms with E-state index in [4.69, 9.17) is 0 Å². The number of fused-ring (bicyclic) bond motifs is 2. The van der Waals surface area contributed by atoms with Gasteiger partial charge in [-0.25, -0.2) is 0 Å². The fourth-order valence-corrected chi connectivity index (χ4v) is 3.37. The minimum Gasteiger partial charge on any atom is -0.316 e. The number of hydrogen-bond donors (Lipinski definition) is 1. The van der Waals surface area contributed by atoms with E-state index in [-0.39, 0.29) is 0 Å². The second kappa shape index (κ2) is 3.34. The second-order valence-corrected chi connectivity index (χ2v) is 5.22.